The van der Waals surface area contributed by atoms with E-state index in [0.717, 1.165) is 34.9 Å². The van der Waals surface area contributed by atoms with Gasteiger partial charge in [-0.25, -0.2) is 4.79 Å². The highest BCUT2D eigenvalue weighted by Crippen LogP contribution is 2.41. The summed E-state index contributed by atoms with van der Waals surface area (Å²) in [6.07, 6.45) is 3.96. The molecule has 164 valence electrons. The normalized spacial score (nSPS) is 11.4. The number of carbonyl (C=O) groups excluding carboxylic acids is 2. The van der Waals surface area contributed by atoms with Gasteiger partial charge >= 0.3 is 5.97 Å². The van der Waals surface area contributed by atoms with Crippen LogP contribution < -0.4 is 10.1 Å². The summed E-state index contributed by atoms with van der Waals surface area (Å²) in [6.45, 7) is 6.96. The predicted octanol–water partition coefficient (Wildman–Crippen LogP) is 4.82. The Hall–Kier alpha value is -3.28. The first kappa shape index (κ1) is 22.4. The van der Waals surface area contributed by atoms with Gasteiger partial charge < -0.3 is 19.8 Å². The molecule has 0 aliphatic carbocycles. The summed E-state index contributed by atoms with van der Waals surface area (Å²) in [5.41, 5.74) is 3.54. The van der Waals surface area contributed by atoms with E-state index in [-0.39, 0.29) is 5.91 Å². The average Bonchev–Trinajstić information content (AvgIpc) is 3.22. The van der Waals surface area contributed by atoms with E-state index < -0.39 is 11.4 Å². The number of benzene rings is 2. The number of amides is 1. The molecular formula is C25H30N2O4. The highest BCUT2D eigenvalue weighted by Gasteiger charge is 2.30. The number of rotatable bonds is 8. The van der Waals surface area contributed by atoms with Crippen LogP contribution in [-0.2, 0) is 10.2 Å². The molecule has 1 heterocycles. The number of nitrogens with one attached hydrogen (secondary N) is 2. The zero-order chi connectivity index (χ0) is 22.6. The largest absolute Gasteiger partial charge is 0.496 e. The molecule has 2 aromatic carbocycles. The van der Waals surface area contributed by atoms with Gasteiger partial charge in [-0.05, 0) is 42.3 Å². The molecule has 0 spiro atoms. The van der Waals surface area contributed by atoms with E-state index in [1.165, 1.54) is 7.11 Å². The van der Waals surface area contributed by atoms with Gasteiger partial charge in [0.05, 0.1) is 19.8 Å². The summed E-state index contributed by atoms with van der Waals surface area (Å²) in [4.78, 5) is 27.8. The SMILES string of the molecule is CCCCNC(=O)c1ccc2[nH]cc(C(C)(C)c3ccc(C(=O)OC)cc3OC)c2c1. The molecule has 0 saturated heterocycles. The van der Waals surface area contributed by atoms with Gasteiger partial charge in [0, 0.05) is 40.2 Å². The second kappa shape index (κ2) is 9.25. The zero-order valence-corrected chi connectivity index (χ0v) is 18.8. The molecule has 3 aromatic rings. The molecular weight excluding hydrogens is 392 g/mol. The summed E-state index contributed by atoms with van der Waals surface area (Å²) in [7, 11) is 2.94. The van der Waals surface area contributed by atoms with Crippen molar-refractivity contribution in [1.29, 1.82) is 0 Å². The van der Waals surface area contributed by atoms with Crippen molar-refractivity contribution in [3.05, 3.63) is 64.8 Å². The Kier molecular flexibility index (Phi) is 6.68. The van der Waals surface area contributed by atoms with E-state index in [0.29, 0.717) is 23.4 Å². The molecule has 1 aromatic heterocycles. The van der Waals surface area contributed by atoms with Gasteiger partial charge in [-0.15, -0.1) is 0 Å². The van der Waals surface area contributed by atoms with Crippen LogP contribution in [0.1, 0.15) is 65.5 Å². The lowest BCUT2D eigenvalue weighted by Gasteiger charge is -2.27. The minimum absolute atomic E-state index is 0.0692. The van der Waals surface area contributed by atoms with E-state index in [1.807, 2.05) is 30.5 Å². The maximum Gasteiger partial charge on any atom is 0.337 e. The Morgan fingerprint density at radius 1 is 1.03 bits per heavy atom. The van der Waals surface area contributed by atoms with Crippen LogP contribution in [-0.4, -0.2) is 37.6 Å². The molecule has 0 saturated carbocycles. The molecule has 0 aliphatic heterocycles. The van der Waals surface area contributed by atoms with Crippen molar-refractivity contribution in [1.82, 2.24) is 10.3 Å². The molecule has 2 N–H and O–H groups in total. The lowest BCUT2D eigenvalue weighted by molar-refractivity contribution is 0.0600. The number of esters is 1. The van der Waals surface area contributed by atoms with Gasteiger partial charge in [-0.3, -0.25) is 4.79 Å². The molecule has 0 fully saturated rings. The monoisotopic (exact) mass is 422 g/mol. The third-order valence-corrected chi connectivity index (χ3v) is 5.73. The highest BCUT2D eigenvalue weighted by atomic mass is 16.5. The number of aromatic nitrogens is 1. The van der Waals surface area contributed by atoms with E-state index in [4.69, 9.17) is 9.47 Å². The van der Waals surface area contributed by atoms with Crippen molar-refractivity contribution in [2.45, 2.75) is 39.0 Å². The maximum atomic E-state index is 12.6. The Balaban J connectivity index is 2.03. The molecule has 6 nitrogen and oxygen atoms in total. The zero-order valence-electron chi connectivity index (χ0n) is 18.8. The van der Waals surface area contributed by atoms with Crippen LogP contribution in [0.4, 0.5) is 0 Å². The number of unbranched alkanes of at least 4 members (excludes halogenated alkanes) is 1. The third-order valence-electron chi connectivity index (χ3n) is 5.73. The Labute approximate surface area is 182 Å². The van der Waals surface area contributed by atoms with Crippen molar-refractivity contribution in [2.75, 3.05) is 20.8 Å². The number of H-pyrrole nitrogens is 1. The summed E-state index contributed by atoms with van der Waals surface area (Å²) >= 11 is 0. The number of ether oxygens (including phenoxy) is 2. The fourth-order valence-electron chi connectivity index (χ4n) is 3.86. The highest BCUT2D eigenvalue weighted by molar-refractivity contribution is 5.99. The molecule has 0 radical (unpaired) electrons. The van der Waals surface area contributed by atoms with Crippen LogP contribution in [0.3, 0.4) is 0 Å². The van der Waals surface area contributed by atoms with E-state index in [9.17, 15) is 9.59 Å². The second-order valence-electron chi connectivity index (χ2n) is 8.10. The summed E-state index contributed by atoms with van der Waals surface area (Å²) < 4.78 is 10.4. The molecule has 0 bridgehead atoms. The lowest BCUT2D eigenvalue weighted by atomic mass is 9.77. The van der Waals surface area contributed by atoms with E-state index in [2.05, 4.69) is 31.1 Å². The average molecular weight is 423 g/mol. The van der Waals surface area contributed by atoms with Gasteiger partial charge in [0.2, 0.25) is 0 Å². The van der Waals surface area contributed by atoms with Gasteiger partial charge in [0.15, 0.2) is 0 Å². The Morgan fingerprint density at radius 3 is 2.45 bits per heavy atom. The number of fused-ring (bicyclic) bond motifs is 1. The van der Waals surface area contributed by atoms with Crippen molar-refractivity contribution in [2.24, 2.45) is 0 Å². The molecule has 0 unspecified atom stereocenters. The lowest BCUT2D eigenvalue weighted by Crippen LogP contribution is -2.24. The summed E-state index contributed by atoms with van der Waals surface area (Å²) in [5.74, 6) is 0.129. The minimum Gasteiger partial charge on any atom is -0.496 e. The number of carbonyl (C=O) groups is 2. The van der Waals surface area contributed by atoms with Crippen LogP contribution >= 0.6 is 0 Å². The third kappa shape index (κ3) is 4.43. The number of methoxy groups -OCH3 is 2. The van der Waals surface area contributed by atoms with Crippen LogP contribution in [0, 0.1) is 0 Å². The van der Waals surface area contributed by atoms with Crippen molar-refractivity contribution >= 4 is 22.8 Å². The van der Waals surface area contributed by atoms with Crippen molar-refractivity contribution < 1.29 is 19.1 Å². The number of hydrogen-bond donors (Lipinski definition) is 2. The summed E-state index contributed by atoms with van der Waals surface area (Å²) in [6, 6.07) is 11.0. The first-order valence-corrected chi connectivity index (χ1v) is 10.5. The topological polar surface area (TPSA) is 80.4 Å². The van der Waals surface area contributed by atoms with Crippen LogP contribution in [0.25, 0.3) is 10.9 Å². The molecule has 0 aliphatic rings. The summed E-state index contributed by atoms with van der Waals surface area (Å²) in [5, 5.41) is 3.95. The van der Waals surface area contributed by atoms with Crippen LogP contribution in [0.5, 0.6) is 5.75 Å². The number of aromatic amines is 1. The van der Waals surface area contributed by atoms with E-state index >= 15 is 0 Å². The van der Waals surface area contributed by atoms with Crippen LogP contribution in [0.15, 0.2) is 42.6 Å². The molecule has 0 atom stereocenters. The fraction of sp³-hybridized carbons (Fsp3) is 0.360. The van der Waals surface area contributed by atoms with Crippen LogP contribution in [0.2, 0.25) is 0 Å². The fourth-order valence-corrected chi connectivity index (χ4v) is 3.86. The van der Waals surface area contributed by atoms with E-state index in [1.54, 1.807) is 19.2 Å². The maximum absolute atomic E-state index is 12.6. The van der Waals surface area contributed by atoms with Crippen molar-refractivity contribution in [3.8, 4) is 5.75 Å². The minimum atomic E-state index is -0.449. The number of hydrogen-bond acceptors (Lipinski definition) is 4. The van der Waals surface area contributed by atoms with Gasteiger partial charge in [0.25, 0.3) is 5.91 Å². The first-order valence-electron chi connectivity index (χ1n) is 10.5. The second-order valence-corrected chi connectivity index (χ2v) is 8.10. The Morgan fingerprint density at radius 2 is 1.77 bits per heavy atom. The van der Waals surface area contributed by atoms with Gasteiger partial charge in [-0.2, -0.15) is 0 Å². The predicted molar refractivity (Wildman–Crippen MR) is 122 cm³/mol. The first-order chi connectivity index (χ1) is 14.8. The van der Waals surface area contributed by atoms with Gasteiger partial charge in [0.1, 0.15) is 5.75 Å². The molecule has 1 amide bonds. The quantitative estimate of drug-likeness (QED) is 0.403. The Bertz CT molecular complexity index is 1100. The van der Waals surface area contributed by atoms with Crippen molar-refractivity contribution in [3.63, 3.8) is 0 Å². The standard InChI is InChI=1S/C25H30N2O4/c1-6-7-12-26-23(28)16-9-11-21-18(13-16)20(15-27-21)25(2,3)19-10-8-17(24(29)31-5)14-22(19)30-4/h8-11,13-15,27H,6-7,12H2,1-5H3,(H,26,28). The molecule has 31 heavy (non-hydrogen) atoms. The molecule has 6 heteroatoms. The smallest absolute Gasteiger partial charge is 0.337 e. The van der Waals surface area contributed by atoms with Gasteiger partial charge in [-0.1, -0.05) is 33.3 Å². The molecule has 3 rings (SSSR count).